The van der Waals surface area contributed by atoms with E-state index in [1.54, 1.807) is 0 Å². The second-order valence-electron chi connectivity index (χ2n) is 2.52. The summed E-state index contributed by atoms with van der Waals surface area (Å²) in [6.07, 6.45) is 0.314. The van der Waals surface area contributed by atoms with Crippen LogP contribution < -0.4 is 0 Å². The van der Waals surface area contributed by atoms with Crippen LogP contribution in [0.3, 0.4) is 0 Å². The van der Waals surface area contributed by atoms with E-state index in [1.165, 1.54) is 0 Å². The molecule has 0 aromatic carbocycles. The van der Waals surface area contributed by atoms with Crippen molar-refractivity contribution in [3.8, 4) is 0 Å². The van der Waals surface area contributed by atoms with Crippen molar-refractivity contribution in [3.63, 3.8) is 0 Å². The zero-order valence-corrected chi connectivity index (χ0v) is 7.15. The van der Waals surface area contributed by atoms with Crippen LogP contribution in [-0.2, 0) is 9.53 Å². The van der Waals surface area contributed by atoms with Crippen LogP contribution in [0.25, 0.3) is 0 Å². The summed E-state index contributed by atoms with van der Waals surface area (Å²) in [5.74, 6) is 0.541. The first-order valence-electron chi connectivity index (χ1n) is 3.38. The average Bonchev–Trinajstić information content (AvgIpc) is 1.85. The van der Waals surface area contributed by atoms with Crippen LogP contribution in [0.15, 0.2) is 0 Å². The summed E-state index contributed by atoms with van der Waals surface area (Å²) in [7, 11) is 0. The molecule has 0 rings (SSSR count). The van der Waals surface area contributed by atoms with Gasteiger partial charge in [-0.2, -0.15) is 0 Å². The van der Waals surface area contributed by atoms with Gasteiger partial charge in [-0.05, 0) is 5.92 Å². The first-order valence-corrected chi connectivity index (χ1v) is 3.92. The minimum absolute atomic E-state index is 0.205. The lowest BCUT2D eigenvalue weighted by atomic mass is 10.2. The predicted octanol–water partition coefficient (Wildman–Crippen LogP) is 1.81. The molecule has 10 heavy (non-hydrogen) atoms. The summed E-state index contributed by atoms with van der Waals surface area (Å²) in [5.41, 5.74) is 0. The molecule has 0 aliphatic rings. The Kier molecular flexibility index (Phi) is 5.40. The standard InChI is InChI=1S/C7H13ClO2/c1-6(2)5-10-7(9)3-4-8/h6H,3-5H2,1-2H3. The van der Waals surface area contributed by atoms with Gasteiger partial charge in [-0.3, -0.25) is 4.79 Å². The zero-order chi connectivity index (χ0) is 7.98. The Morgan fingerprint density at radius 3 is 2.60 bits per heavy atom. The van der Waals surface area contributed by atoms with E-state index in [0.29, 0.717) is 24.8 Å². The van der Waals surface area contributed by atoms with Crippen molar-refractivity contribution in [2.24, 2.45) is 5.92 Å². The smallest absolute Gasteiger partial charge is 0.306 e. The van der Waals surface area contributed by atoms with E-state index in [-0.39, 0.29) is 5.97 Å². The molecule has 0 aromatic rings. The van der Waals surface area contributed by atoms with Gasteiger partial charge >= 0.3 is 5.97 Å². The second kappa shape index (κ2) is 5.54. The molecule has 0 aliphatic carbocycles. The van der Waals surface area contributed by atoms with Gasteiger partial charge in [0.25, 0.3) is 0 Å². The van der Waals surface area contributed by atoms with Crippen LogP contribution >= 0.6 is 11.6 Å². The van der Waals surface area contributed by atoms with Crippen molar-refractivity contribution in [3.05, 3.63) is 0 Å². The van der Waals surface area contributed by atoms with E-state index < -0.39 is 0 Å². The lowest BCUT2D eigenvalue weighted by Crippen LogP contribution is -2.09. The fraction of sp³-hybridized carbons (Fsp3) is 0.857. The molecule has 0 unspecified atom stereocenters. The van der Waals surface area contributed by atoms with Crippen LogP contribution in [0.5, 0.6) is 0 Å². The summed E-state index contributed by atoms with van der Waals surface area (Å²) >= 11 is 5.31. The maximum atomic E-state index is 10.6. The van der Waals surface area contributed by atoms with Crippen molar-refractivity contribution < 1.29 is 9.53 Å². The highest BCUT2D eigenvalue weighted by Gasteiger charge is 2.01. The van der Waals surface area contributed by atoms with Crippen LogP contribution in [0.2, 0.25) is 0 Å². The summed E-state index contributed by atoms with van der Waals surface area (Å²) in [4.78, 5) is 10.6. The van der Waals surface area contributed by atoms with Crippen LogP contribution in [-0.4, -0.2) is 18.5 Å². The Hall–Kier alpha value is -0.240. The van der Waals surface area contributed by atoms with Crippen molar-refractivity contribution in [1.82, 2.24) is 0 Å². The maximum Gasteiger partial charge on any atom is 0.306 e. The van der Waals surface area contributed by atoms with Crippen molar-refractivity contribution >= 4 is 17.6 Å². The molecule has 2 nitrogen and oxygen atoms in total. The van der Waals surface area contributed by atoms with Crippen LogP contribution in [0, 0.1) is 5.92 Å². The lowest BCUT2D eigenvalue weighted by molar-refractivity contribution is -0.144. The molecule has 0 saturated carbocycles. The summed E-state index contributed by atoms with van der Waals surface area (Å²) in [5, 5.41) is 0. The Morgan fingerprint density at radius 1 is 1.60 bits per heavy atom. The van der Waals surface area contributed by atoms with Gasteiger partial charge in [-0.1, -0.05) is 13.8 Å². The van der Waals surface area contributed by atoms with Crippen molar-refractivity contribution in [1.29, 1.82) is 0 Å². The highest BCUT2D eigenvalue weighted by molar-refractivity contribution is 6.18. The van der Waals surface area contributed by atoms with Crippen molar-refractivity contribution in [2.75, 3.05) is 12.5 Å². The first-order chi connectivity index (χ1) is 4.66. The fourth-order valence-electron chi connectivity index (χ4n) is 0.409. The number of alkyl halides is 1. The quantitative estimate of drug-likeness (QED) is 0.468. The van der Waals surface area contributed by atoms with E-state index in [0.717, 1.165) is 0 Å². The average molecular weight is 165 g/mol. The SMILES string of the molecule is CC(C)COC(=O)CCCl. The molecule has 0 atom stereocenters. The third kappa shape index (κ3) is 5.89. The van der Waals surface area contributed by atoms with Crippen LogP contribution in [0.1, 0.15) is 20.3 Å². The lowest BCUT2D eigenvalue weighted by Gasteiger charge is -2.04. The maximum absolute atomic E-state index is 10.6. The van der Waals surface area contributed by atoms with E-state index in [1.807, 2.05) is 13.8 Å². The molecule has 0 radical (unpaired) electrons. The second-order valence-corrected chi connectivity index (χ2v) is 2.89. The van der Waals surface area contributed by atoms with Gasteiger partial charge in [0.1, 0.15) is 0 Å². The predicted molar refractivity (Wildman–Crippen MR) is 41.1 cm³/mol. The molecule has 0 aromatic heterocycles. The number of carbonyl (C=O) groups is 1. The molecule has 0 heterocycles. The Balaban J connectivity index is 3.22. The topological polar surface area (TPSA) is 26.3 Å². The van der Waals surface area contributed by atoms with Gasteiger partial charge in [0.05, 0.1) is 13.0 Å². The summed E-state index contributed by atoms with van der Waals surface area (Å²) < 4.78 is 4.82. The number of hydrogen-bond acceptors (Lipinski definition) is 2. The minimum Gasteiger partial charge on any atom is -0.465 e. The third-order valence-corrected chi connectivity index (χ3v) is 1.07. The van der Waals surface area contributed by atoms with Gasteiger partial charge < -0.3 is 4.74 Å². The Bertz CT molecular complexity index is 102. The Labute approximate surface area is 66.5 Å². The molecule has 0 N–H and O–H groups in total. The van der Waals surface area contributed by atoms with Gasteiger partial charge in [-0.25, -0.2) is 0 Å². The van der Waals surface area contributed by atoms with Gasteiger partial charge in [0, 0.05) is 5.88 Å². The normalized spacial score (nSPS) is 10.0. The van der Waals surface area contributed by atoms with Crippen molar-refractivity contribution in [2.45, 2.75) is 20.3 Å². The fourth-order valence-corrected chi connectivity index (χ4v) is 0.563. The van der Waals surface area contributed by atoms with E-state index in [2.05, 4.69) is 0 Å². The molecular weight excluding hydrogens is 152 g/mol. The summed E-state index contributed by atoms with van der Waals surface area (Å²) in [6, 6.07) is 0. The van der Waals surface area contributed by atoms with Crippen LogP contribution in [0.4, 0.5) is 0 Å². The molecule has 0 spiro atoms. The molecule has 0 bridgehead atoms. The highest BCUT2D eigenvalue weighted by Crippen LogP contribution is 1.95. The minimum atomic E-state index is -0.205. The van der Waals surface area contributed by atoms with E-state index >= 15 is 0 Å². The van der Waals surface area contributed by atoms with E-state index in [9.17, 15) is 4.79 Å². The highest BCUT2D eigenvalue weighted by atomic mass is 35.5. The number of carbonyl (C=O) groups excluding carboxylic acids is 1. The number of esters is 1. The molecular formula is C7H13ClO2. The molecule has 3 heteroatoms. The third-order valence-electron chi connectivity index (χ3n) is 0.876. The number of hydrogen-bond donors (Lipinski definition) is 0. The van der Waals surface area contributed by atoms with Gasteiger partial charge in [0.2, 0.25) is 0 Å². The first kappa shape index (κ1) is 9.76. The molecule has 0 amide bonds. The molecule has 0 fully saturated rings. The van der Waals surface area contributed by atoms with Gasteiger partial charge in [-0.15, -0.1) is 11.6 Å². The van der Waals surface area contributed by atoms with E-state index in [4.69, 9.17) is 16.3 Å². The molecule has 0 aliphatic heterocycles. The summed E-state index contributed by atoms with van der Waals surface area (Å²) in [6.45, 7) is 4.48. The molecule has 60 valence electrons. The molecule has 0 saturated heterocycles. The van der Waals surface area contributed by atoms with Gasteiger partial charge in [0.15, 0.2) is 0 Å². The zero-order valence-electron chi connectivity index (χ0n) is 6.39. The monoisotopic (exact) mass is 164 g/mol. The largest absolute Gasteiger partial charge is 0.465 e. The number of ether oxygens (including phenoxy) is 1. The number of halogens is 1. The Morgan fingerprint density at radius 2 is 2.20 bits per heavy atom. The number of rotatable bonds is 4.